The molecule has 78 valence electrons. The van der Waals surface area contributed by atoms with Crippen molar-refractivity contribution < 1.29 is 14.6 Å². The molecule has 1 unspecified atom stereocenters. The zero-order valence-corrected chi connectivity index (χ0v) is 8.32. The summed E-state index contributed by atoms with van der Waals surface area (Å²) in [7, 11) is 0. The Hall–Kier alpha value is -0.870. The van der Waals surface area contributed by atoms with Gasteiger partial charge in [-0.15, -0.1) is 0 Å². The summed E-state index contributed by atoms with van der Waals surface area (Å²) in [6.07, 6.45) is 0. The van der Waals surface area contributed by atoms with Crippen LogP contribution in [0, 0.1) is 5.41 Å². The minimum absolute atomic E-state index is 0.0567. The average molecular weight is 197 g/mol. The third-order valence-corrected chi connectivity index (χ3v) is 3.22. The van der Waals surface area contributed by atoms with Gasteiger partial charge in [0, 0.05) is 30.1 Å². The van der Waals surface area contributed by atoms with Gasteiger partial charge >= 0.3 is 5.97 Å². The Kier molecular flexibility index (Phi) is 2.12. The van der Waals surface area contributed by atoms with Crippen LogP contribution in [0.2, 0.25) is 0 Å². The van der Waals surface area contributed by atoms with Crippen LogP contribution in [0.15, 0.2) is 12.2 Å². The molecular formula is C10H15NO3. The van der Waals surface area contributed by atoms with Crippen molar-refractivity contribution in [2.45, 2.75) is 13.0 Å². The van der Waals surface area contributed by atoms with Crippen LogP contribution in [0.4, 0.5) is 0 Å². The van der Waals surface area contributed by atoms with E-state index in [1.165, 1.54) is 0 Å². The number of carbonyl (C=O) groups is 1. The zero-order chi connectivity index (χ0) is 10.3. The van der Waals surface area contributed by atoms with Gasteiger partial charge in [0.05, 0.1) is 13.2 Å². The number of hydrogen-bond donors (Lipinski definition) is 1. The molecule has 2 rings (SSSR count). The van der Waals surface area contributed by atoms with E-state index in [9.17, 15) is 4.79 Å². The highest BCUT2D eigenvalue weighted by Gasteiger charge is 2.50. The number of carboxylic acids is 1. The first-order chi connectivity index (χ1) is 6.54. The lowest BCUT2D eigenvalue weighted by atomic mass is 9.77. The van der Waals surface area contributed by atoms with Gasteiger partial charge in [0.25, 0.3) is 0 Å². The first kappa shape index (κ1) is 9.68. The summed E-state index contributed by atoms with van der Waals surface area (Å²) in [5, 5.41) is 8.77. The van der Waals surface area contributed by atoms with E-state index in [1.54, 1.807) is 0 Å². The summed E-state index contributed by atoms with van der Waals surface area (Å²) in [5.74, 6) is -0.900. The summed E-state index contributed by atoms with van der Waals surface area (Å²) < 4.78 is 5.15. The van der Waals surface area contributed by atoms with Gasteiger partial charge in [0.1, 0.15) is 0 Å². The Morgan fingerprint density at radius 2 is 2.14 bits per heavy atom. The molecule has 1 atom stereocenters. The van der Waals surface area contributed by atoms with Crippen molar-refractivity contribution in [3.05, 3.63) is 12.2 Å². The van der Waals surface area contributed by atoms with Crippen LogP contribution in [-0.4, -0.2) is 48.3 Å². The number of nitrogens with zero attached hydrogens (tertiary/aromatic N) is 1. The molecule has 0 aromatic rings. The molecule has 4 nitrogen and oxygen atoms in total. The third kappa shape index (κ3) is 1.35. The molecule has 0 amide bonds. The lowest BCUT2D eigenvalue weighted by Gasteiger charge is -2.57. The van der Waals surface area contributed by atoms with Crippen molar-refractivity contribution in [3.8, 4) is 0 Å². The summed E-state index contributed by atoms with van der Waals surface area (Å²) in [5.41, 5.74) is 0.618. The van der Waals surface area contributed by atoms with E-state index < -0.39 is 5.97 Å². The maximum absolute atomic E-state index is 10.7. The maximum atomic E-state index is 10.7. The number of likely N-dealkylation sites (tertiary alicyclic amines) is 1. The van der Waals surface area contributed by atoms with E-state index in [-0.39, 0.29) is 11.6 Å². The molecule has 0 saturated carbocycles. The highest BCUT2D eigenvalue weighted by atomic mass is 16.5. The van der Waals surface area contributed by atoms with Crippen LogP contribution in [0.3, 0.4) is 0 Å². The highest BCUT2D eigenvalue weighted by molar-refractivity contribution is 5.87. The van der Waals surface area contributed by atoms with Crippen LogP contribution in [0.5, 0.6) is 0 Å². The van der Waals surface area contributed by atoms with Crippen molar-refractivity contribution in [1.29, 1.82) is 0 Å². The topological polar surface area (TPSA) is 49.8 Å². The Morgan fingerprint density at radius 3 is 2.50 bits per heavy atom. The molecule has 2 aliphatic rings. The van der Waals surface area contributed by atoms with E-state index in [0.717, 1.165) is 26.3 Å². The number of rotatable bonds is 3. The average Bonchev–Trinajstić information content (AvgIpc) is 1.97. The van der Waals surface area contributed by atoms with Gasteiger partial charge in [-0.25, -0.2) is 4.79 Å². The Morgan fingerprint density at radius 1 is 1.57 bits per heavy atom. The Balaban J connectivity index is 1.86. The minimum atomic E-state index is -0.900. The van der Waals surface area contributed by atoms with Gasteiger partial charge < -0.3 is 9.84 Å². The van der Waals surface area contributed by atoms with Crippen molar-refractivity contribution >= 4 is 5.97 Å². The van der Waals surface area contributed by atoms with Crippen LogP contribution >= 0.6 is 0 Å². The molecular weight excluding hydrogens is 182 g/mol. The van der Waals surface area contributed by atoms with Gasteiger partial charge in [-0.1, -0.05) is 6.58 Å². The predicted octanol–water partition coefficient (Wildman–Crippen LogP) is 0.348. The number of ether oxygens (including phenoxy) is 1. The number of carboxylic acid groups (broad SMARTS) is 1. The van der Waals surface area contributed by atoms with E-state index in [0.29, 0.717) is 5.41 Å². The quantitative estimate of drug-likeness (QED) is 0.663. The fraction of sp³-hybridized carbons (Fsp3) is 0.700. The van der Waals surface area contributed by atoms with E-state index in [2.05, 4.69) is 11.5 Å². The fourth-order valence-corrected chi connectivity index (χ4v) is 2.06. The SMILES string of the molecule is C=C(C(=O)O)C(C)N1CC2(COC2)C1. The summed E-state index contributed by atoms with van der Waals surface area (Å²) in [6.45, 7) is 9.02. The first-order valence-corrected chi connectivity index (χ1v) is 4.78. The van der Waals surface area contributed by atoms with Crippen LogP contribution < -0.4 is 0 Å². The number of hydrogen-bond acceptors (Lipinski definition) is 3. The summed E-state index contributed by atoms with van der Waals surface area (Å²) in [4.78, 5) is 12.8. The lowest BCUT2D eigenvalue weighted by Crippen LogP contribution is -2.68. The third-order valence-electron chi connectivity index (χ3n) is 3.22. The van der Waals surface area contributed by atoms with Crippen molar-refractivity contribution in [3.63, 3.8) is 0 Å². The molecule has 0 aromatic heterocycles. The fourth-order valence-electron chi connectivity index (χ4n) is 2.06. The Labute approximate surface area is 83.2 Å². The van der Waals surface area contributed by atoms with Gasteiger partial charge in [-0.05, 0) is 6.92 Å². The summed E-state index contributed by atoms with van der Waals surface area (Å²) in [6, 6.07) is -0.0567. The lowest BCUT2D eigenvalue weighted by molar-refractivity contribution is -0.194. The monoisotopic (exact) mass is 197 g/mol. The summed E-state index contributed by atoms with van der Waals surface area (Å²) >= 11 is 0. The van der Waals surface area contributed by atoms with Crippen LogP contribution in [0.1, 0.15) is 6.92 Å². The van der Waals surface area contributed by atoms with Crippen molar-refractivity contribution in [2.24, 2.45) is 5.41 Å². The van der Waals surface area contributed by atoms with Gasteiger partial charge in [-0.3, -0.25) is 4.90 Å². The minimum Gasteiger partial charge on any atom is -0.478 e. The van der Waals surface area contributed by atoms with Crippen LogP contribution in [-0.2, 0) is 9.53 Å². The molecule has 0 bridgehead atoms. The molecule has 0 aliphatic carbocycles. The van der Waals surface area contributed by atoms with E-state index >= 15 is 0 Å². The van der Waals surface area contributed by atoms with Gasteiger partial charge in [-0.2, -0.15) is 0 Å². The van der Waals surface area contributed by atoms with E-state index in [1.807, 2.05) is 6.92 Å². The van der Waals surface area contributed by atoms with E-state index in [4.69, 9.17) is 9.84 Å². The molecule has 1 spiro atoms. The van der Waals surface area contributed by atoms with Crippen molar-refractivity contribution in [2.75, 3.05) is 26.3 Å². The van der Waals surface area contributed by atoms with Crippen molar-refractivity contribution in [1.82, 2.24) is 4.90 Å². The second kappa shape index (κ2) is 3.07. The zero-order valence-electron chi connectivity index (χ0n) is 8.32. The van der Waals surface area contributed by atoms with Gasteiger partial charge in [0.15, 0.2) is 0 Å². The molecule has 14 heavy (non-hydrogen) atoms. The smallest absolute Gasteiger partial charge is 0.332 e. The predicted molar refractivity (Wildman–Crippen MR) is 51.1 cm³/mol. The maximum Gasteiger partial charge on any atom is 0.332 e. The molecule has 2 aliphatic heterocycles. The largest absolute Gasteiger partial charge is 0.478 e. The number of aliphatic carboxylic acids is 1. The standard InChI is InChI=1S/C10H15NO3/c1-7(9(12)13)8(2)11-3-10(4-11)5-14-6-10/h8H,1,3-6H2,2H3,(H,12,13). The molecule has 2 saturated heterocycles. The molecule has 2 fully saturated rings. The molecule has 2 heterocycles. The first-order valence-electron chi connectivity index (χ1n) is 4.78. The Bertz CT molecular complexity index is 275. The van der Waals surface area contributed by atoms with Gasteiger partial charge in [0.2, 0.25) is 0 Å². The molecule has 1 N–H and O–H groups in total. The molecule has 4 heteroatoms. The van der Waals surface area contributed by atoms with Crippen LogP contribution in [0.25, 0.3) is 0 Å². The second-order valence-corrected chi connectivity index (χ2v) is 4.40. The highest BCUT2D eigenvalue weighted by Crippen LogP contribution is 2.39. The normalized spacial score (nSPS) is 26.4. The second-order valence-electron chi connectivity index (χ2n) is 4.40. The molecule has 0 radical (unpaired) electrons. The molecule has 0 aromatic carbocycles.